The summed E-state index contributed by atoms with van der Waals surface area (Å²) in [7, 11) is 2.92. The van der Waals surface area contributed by atoms with Crippen LogP contribution in [-0.4, -0.2) is 292 Å². The van der Waals surface area contributed by atoms with Gasteiger partial charge < -0.3 is 113 Å². The molecule has 1 unspecified atom stereocenters. The summed E-state index contributed by atoms with van der Waals surface area (Å²) in [5.41, 5.74) is 3.17. The van der Waals surface area contributed by atoms with Crippen LogP contribution in [0, 0.1) is 12.8 Å². The lowest BCUT2D eigenvalue weighted by atomic mass is 10.00. The molecule has 8 bridgehead atoms. The fourth-order valence-corrected chi connectivity index (χ4v) is 14.8. The van der Waals surface area contributed by atoms with Crippen LogP contribution in [0.25, 0.3) is 0 Å². The monoisotopic (exact) mass is 1830 g/mol. The normalized spacial score (nSPS) is 22.7. The van der Waals surface area contributed by atoms with Gasteiger partial charge in [0.15, 0.2) is 35.1 Å². The van der Waals surface area contributed by atoms with Crippen LogP contribution in [0.2, 0.25) is 0 Å². The molecule has 0 saturated carbocycles. The number of aryl methyl sites for hydroxylation is 1. The average molecular weight is 1830 g/mol. The Balaban J connectivity index is 0.839. The molecule has 2 fully saturated rings. The van der Waals surface area contributed by atoms with Crippen molar-refractivity contribution in [3.05, 3.63) is 125 Å². The Morgan fingerprint density at radius 3 is 1.82 bits per heavy atom. The van der Waals surface area contributed by atoms with E-state index in [0.717, 1.165) is 11.0 Å². The van der Waals surface area contributed by atoms with Gasteiger partial charge in [0.2, 0.25) is 35.4 Å². The van der Waals surface area contributed by atoms with Gasteiger partial charge in [0.25, 0.3) is 11.8 Å². The van der Waals surface area contributed by atoms with E-state index in [-0.39, 0.29) is 265 Å². The van der Waals surface area contributed by atoms with Crippen molar-refractivity contribution >= 4 is 106 Å². The number of aliphatic carboxylic acids is 1. The quantitative estimate of drug-likeness (QED) is 0.0501. The van der Waals surface area contributed by atoms with E-state index in [4.69, 9.17) is 61.6 Å². The van der Waals surface area contributed by atoms with Crippen LogP contribution < -0.4 is 55.9 Å². The number of methoxy groups -OCH3 is 2. The number of nitrogens with one attached hydrogen (secondary N) is 6. The van der Waals surface area contributed by atoms with E-state index in [1.54, 1.807) is 61.2 Å². The molecular weight excluding hydrogens is 1710 g/mol. The number of nitrogens with zero attached hydrogens (tertiary/aromatic N) is 4. The molecule has 4 aromatic carbocycles. The molecule has 714 valence electrons. The molecule has 2 saturated heterocycles. The van der Waals surface area contributed by atoms with Gasteiger partial charge in [-0.2, -0.15) is 0 Å². The average Bonchev–Trinajstić information content (AvgIpc) is 1.62. The Morgan fingerprint density at radius 2 is 1.17 bits per heavy atom. The molecule has 0 radical (unpaired) electrons. The van der Waals surface area contributed by atoms with Crippen molar-refractivity contribution in [2.24, 2.45) is 5.92 Å². The van der Waals surface area contributed by atoms with Crippen molar-refractivity contribution in [1.82, 2.24) is 31.1 Å². The number of hydrogen-bond acceptors (Lipinski definition) is 28. The van der Waals surface area contributed by atoms with Crippen molar-refractivity contribution in [3.63, 3.8) is 0 Å². The zero-order valence-electron chi connectivity index (χ0n) is 74.9. The number of hydrogen-bond donors (Lipinski definition) is 8. The Labute approximate surface area is 760 Å². The highest BCUT2D eigenvalue weighted by Crippen LogP contribution is 2.42. The maximum absolute atomic E-state index is 14.5. The molecule has 0 aliphatic carbocycles. The summed E-state index contributed by atoms with van der Waals surface area (Å²) in [6.45, 7) is 11.5. The third-order valence-electron chi connectivity index (χ3n) is 21.9. The number of carbonyl (C=O) groups excluding carboxylic acids is 13. The summed E-state index contributed by atoms with van der Waals surface area (Å²) in [6.07, 6.45) is 1.44. The second-order valence-corrected chi connectivity index (χ2v) is 32.0. The maximum Gasteiger partial charge on any atom is 0.416 e. The van der Waals surface area contributed by atoms with E-state index < -0.39 is 102 Å². The second kappa shape index (κ2) is 54.1. The first-order chi connectivity index (χ1) is 63.2. The molecule has 7 heterocycles. The fourth-order valence-electron chi connectivity index (χ4n) is 14.8. The fraction of sp³-hybridized carbons (Fsp3) is 0.543. The van der Waals surface area contributed by atoms with Crippen LogP contribution in [0.5, 0.6) is 17.2 Å². The molecule has 39 nitrogen and oxygen atoms in total. The van der Waals surface area contributed by atoms with Crippen LogP contribution in [0.15, 0.2) is 97.1 Å². The number of anilines is 4. The van der Waals surface area contributed by atoms with Crippen molar-refractivity contribution in [2.45, 2.75) is 167 Å². The van der Waals surface area contributed by atoms with E-state index in [2.05, 4.69) is 38.5 Å². The highest BCUT2D eigenvalue weighted by molar-refractivity contribution is 6.08. The van der Waals surface area contributed by atoms with Crippen molar-refractivity contribution in [1.29, 1.82) is 0 Å². The summed E-state index contributed by atoms with van der Waals surface area (Å²) in [6, 6.07) is 13.6. The molecule has 11 rings (SSSR count). The second-order valence-electron chi connectivity index (χ2n) is 32.0. The lowest BCUT2D eigenvalue weighted by molar-refractivity contribution is -0.140. The standard InChI is InChI=1S/C92H122N10O29/c1-59-47-76-90(116)102-75-53-78(60(2)48-70(75)89(115)100(76)54-59)128-32-12-33-129-80-52-74-71(50-79(80)120-6)88(114)99-30-10-13-67(99)55-101(74)91(117)130-56-63-19-23-66(24-20-63)96-87(113)73(51-84(109)110)98-86(112)72(16-9-7-8-14-69(104)58-127-38-37-119-5)97-83(108)28-35-123-41-45-126-46-42-124-36-29-93-81(106)26-25-68(103)15-11-31-121-39-43-125-44-40-122-34-27-82(107)94-62(4)77(105)49-61(3)85(111)95-65-21-17-64(18-22-65)57-131-92(102)118/h17-26,48,50,52-53,61-62,67,72-73,76,90,116H,1,7-16,27-47,49,51,54-58H2,2-6H3,(H,93,106)(H,94,107)(H,95,111)(H,96,113)(H,97,108)(H,98,112)(H,109,110)/b26-25-/t61-,62+,67+,72+,73+,76+,90?/m1/s1. The number of aliphatic hydroxyl groups excluding tert-OH is 1. The van der Waals surface area contributed by atoms with Crippen LogP contribution in [-0.2, 0) is 109 Å². The van der Waals surface area contributed by atoms with Crippen LogP contribution in [0.1, 0.15) is 148 Å². The first kappa shape index (κ1) is 103. The number of carboxylic acid groups (broad SMARTS) is 1. The molecule has 0 aromatic heterocycles. The van der Waals surface area contributed by atoms with Gasteiger partial charge in [-0.05, 0) is 112 Å². The molecule has 4 aromatic rings. The number of carboxylic acids is 1. The molecule has 0 spiro atoms. The molecule has 8 N–H and O–H groups in total. The first-order valence-corrected chi connectivity index (χ1v) is 44.1. The molecule has 7 atom stereocenters. The van der Waals surface area contributed by atoms with Gasteiger partial charge in [-0.15, -0.1) is 0 Å². The minimum absolute atomic E-state index is 0.00420. The molecular formula is C92H122N10O29. The highest BCUT2D eigenvalue weighted by Gasteiger charge is 2.47. The zero-order chi connectivity index (χ0) is 94.1. The summed E-state index contributed by atoms with van der Waals surface area (Å²) < 4.78 is 73.8. The van der Waals surface area contributed by atoms with E-state index in [9.17, 15) is 77.3 Å². The van der Waals surface area contributed by atoms with Crippen molar-refractivity contribution in [3.8, 4) is 17.2 Å². The third kappa shape index (κ3) is 33.2. The Hall–Kier alpha value is -11.8. The zero-order valence-corrected chi connectivity index (χ0v) is 74.9. The summed E-state index contributed by atoms with van der Waals surface area (Å²) >= 11 is 0. The van der Waals surface area contributed by atoms with E-state index >= 15 is 0 Å². The predicted molar refractivity (Wildman–Crippen MR) is 473 cm³/mol. The number of amides is 10. The summed E-state index contributed by atoms with van der Waals surface area (Å²) in [5, 5.41) is 38.0. The molecule has 7 aliphatic rings. The molecule has 10 amide bonds. The number of carbonyl (C=O) groups is 14. The van der Waals surface area contributed by atoms with Gasteiger partial charge >= 0.3 is 18.2 Å². The topological polar surface area (TPSA) is 485 Å². The maximum atomic E-state index is 14.5. The third-order valence-corrected chi connectivity index (χ3v) is 21.9. The highest BCUT2D eigenvalue weighted by atomic mass is 16.6. The lowest BCUT2D eigenvalue weighted by Gasteiger charge is -2.31. The number of ketones is 3. The number of fused-ring (bicyclic) bond motifs is 4. The van der Waals surface area contributed by atoms with E-state index in [1.165, 1.54) is 67.4 Å². The van der Waals surface area contributed by atoms with E-state index in [0.29, 0.717) is 79.6 Å². The van der Waals surface area contributed by atoms with Crippen LogP contribution >= 0.6 is 0 Å². The van der Waals surface area contributed by atoms with Crippen molar-refractivity contribution < 1.29 is 139 Å². The molecule has 39 heteroatoms. The van der Waals surface area contributed by atoms with Crippen LogP contribution in [0.4, 0.5) is 32.3 Å². The number of Topliss-reactive ketones (excluding diaryl/α,β-unsaturated/α-hetero) is 2. The van der Waals surface area contributed by atoms with Gasteiger partial charge in [-0.1, -0.05) is 56.2 Å². The molecule has 131 heavy (non-hydrogen) atoms. The van der Waals surface area contributed by atoms with E-state index in [1.807, 2.05) is 0 Å². The van der Waals surface area contributed by atoms with Gasteiger partial charge in [-0.3, -0.25) is 62.4 Å². The summed E-state index contributed by atoms with van der Waals surface area (Å²) in [5.74, 6) is -6.86. The van der Waals surface area contributed by atoms with Gasteiger partial charge in [0, 0.05) is 114 Å². The Kier molecular flexibility index (Phi) is 42.5. The minimum atomic E-state index is -1.64. The Morgan fingerprint density at radius 1 is 0.573 bits per heavy atom. The van der Waals surface area contributed by atoms with Gasteiger partial charge in [0.1, 0.15) is 37.7 Å². The number of benzene rings is 4. The smallest absolute Gasteiger partial charge is 0.416 e. The first-order valence-electron chi connectivity index (χ1n) is 44.1. The summed E-state index contributed by atoms with van der Waals surface area (Å²) in [4.78, 5) is 193. The van der Waals surface area contributed by atoms with Gasteiger partial charge in [-0.25, -0.2) is 14.5 Å². The number of allylic oxidation sites excluding steroid dienone is 1. The Bertz CT molecular complexity index is 4610. The number of aliphatic hydroxyl groups is 1. The predicted octanol–water partition coefficient (Wildman–Crippen LogP) is 6.38. The largest absolute Gasteiger partial charge is 0.493 e. The SMILES string of the molecule is C=C1C[C@H]2C(O)N3C(=O)OCc4ccc(cc4)NC(=O)[C@H](C)CC(=O)[C@H](C)NC(=O)CCOCCOCCOCCCC(=O)/C=C\C(=O)NCCOCCOCCOCCC(=O)N[C@@H](CCCCCC(=O)COCCOC)C(=O)N[C@@H](CC(=O)O)C(=O)Nc4ccc(cc4)COC(=O)N4C[C@@H]5CCCN5C(=O)c5cc(OC)c(cc54)OCCCOc4cc3c(cc4C)C(=O)N2C1. The number of ether oxygens (including phenoxy) is 13. The van der Waals surface area contributed by atoms with Crippen LogP contribution in [0.3, 0.4) is 0 Å². The minimum Gasteiger partial charge on any atom is -0.493 e. The number of unbranched alkanes of at least 4 members (excludes halogenated alkanes) is 2. The molecule has 7 aliphatic heterocycles. The van der Waals surface area contributed by atoms with Crippen molar-refractivity contribution in [2.75, 3.05) is 173 Å². The lowest BCUT2D eigenvalue weighted by Crippen LogP contribution is -2.53. The number of rotatable bonds is 14. The van der Waals surface area contributed by atoms with Gasteiger partial charge in [0.05, 0.1) is 153 Å².